The minimum atomic E-state index is -0.378. The molecule has 1 aromatic carbocycles. The van der Waals surface area contributed by atoms with Crippen molar-refractivity contribution in [2.24, 2.45) is 5.92 Å². The normalized spacial score (nSPS) is 18.0. The maximum Gasteiger partial charge on any atom is 0.176 e. The van der Waals surface area contributed by atoms with Gasteiger partial charge >= 0.3 is 0 Å². The third kappa shape index (κ3) is 3.22. The highest BCUT2D eigenvalue weighted by Gasteiger charge is 2.27. The Morgan fingerprint density at radius 1 is 1.41 bits per heavy atom. The quantitative estimate of drug-likeness (QED) is 0.813. The first kappa shape index (κ1) is 12.4. The molecule has 1 aliphatic rings. The summed E-state index contributed by atoms with van der Waals surface area (Å²) < 4.78 is 5.64. The van der Waals surface area contributed by atoms with E-state index < -0.39 is 0 Å². The van der Waals surface area contributed by atoms with E-state index in [1.54, 1.807) is 12.1 Å². The number of ketones is 1. The van der Waals surface area contributed by atoms with Crippen LogP contribution in [0.4, 0.5) is 0 Å². The van der Waals surface area contributed by atoms with Gasteiger partial charge in [0.15, 0.2) is 11.9 Å². The number of hydrogen-bond donors (Lipinski definition) is 0. The predicted molar refractivity (Wildman–Crippen MR) is 68.5 cm³/mol. The van der Waals surface area contributed by atoms with Crippen LogP contribution in [0.25, 0.3) is 0 Å². The van der Waals surface area contributed by atoms with Gasteiger partial charge in [-0.15, -0.1) is 0 Å². The molecule has 0 bridgehead atoms. The second-order valence-electron chi connectivity index (χ2n) is 4.60. The van der Waals surface area contributed by atoms with E-state index in [9.17, 15) is 4.79 Å². The second kappa shape index (κ2) is 5.54. The lowest BCUT2D eigenvalue weighted by atomic mass is 9.99. The van der Waals surface area contributed by atoms with Crippen molar-refractivity contribution in [2.45, 2.75) is 38.7 Å². The summed E-state index contributed by atoms with van der Waals surface area (Å²) in [6, 6.07) is 7.17. The van der Waals surface area contributed by atoms with Crippen LogP contribution in [0.1, 0.15) is 32.6 Å². The summed E-state index contributed by atoms with van der Waals surface area (Å²) in [6.07, 6.45) is 3.99. The van der Waals surface area contributed by atoms with Gasteiger partial charge in [0, 0.05) is 10.9 Å². The third-order valence-corrected chi connectivity index (χ3v) is 3.50. The van der Waals surface area contributed by atoms with Crippen molar-refractivity contribution in [3.05, 3.63) is 29.3 Å². The van der Waals surface area contributed by atoms with Crippen molar-refractivity contribution in [3.63, 3.8) is 0 Å². The van der Waals surface area contributed by atoms with Crippen molar-refractivity contribution in [2.75, 3.05) is 0 Å². The summed E-state index contributed by atoms with van der Waals surface area (Å²) in [5.41, 5.74) is 0. The lowest BCUT2D eigenvalue weighted by molar-refractivity contribution is -0.128. The topological polar surface area (TPSA) is 26.3 Å². The number of carbonyl (C=O) groups is 1. The SMILES string of the molecule is CC(Oc1cccc(Cl)c1)C(=O)C1CCCC1. The number of ether oxygens (including phenoxy) is 1. The highest BCUT2D eigenvalue weighted by atomic mass is 35.5. The lowest BCUT2D eigenvalue weighted by Gasteiger charge is -2.17. The highest BCUT2D eigenvalue weighted by Crippen LogP contribution is 2.27. The summed E-state index contributed by atoms with van der Waals surface area (Å²) in [6.45, 7) is 1.82. The van der Waals surface area contributed by atoms with Gasteiger partial charge in [0.05, 0.1) is 0 Å². The van der Waals surface area contributed by atoms with Crippen LogP contribution in [0.3, 0.4) is 0 Å². The van der Waals surface area contributed by atoms with Crippen molar-refractivity contribution in [3.8, 4) is 5.75 Å². The van der Waals surface area contributed by atoms with Crippen LogP contribution in [-0.2, 0) is 4.79 Å². The number of halogens is 1. The first-order chi connectivity index (χ1) is 8.16. The highest BCUT2D eigenvalue weighted by molar-refractivity contribution is 6.30. The Bertz CT molecular complexity index is 397. The van der Waals surface area contributed by atoms with Crippen LogP contribution < -0.4 is 4.74 Å². The van der Waals surface area contributed by atoms with Crippen LogP contribution >= 0.6 is 11.6 Å². The van der Waals surface area contributed by atoms with Crippen LogP contribution in [0.15, 0.2) is 24.3 Å². The zero-order chi connectivity index (χ0) is 12.3. The molecule has 0 spiro atoms. The predicted octanol–water partition coefficient (Wildman–Crippen LogP) is 3.87. The molecule has 3 heteroatoms. The van der Waals surface area contributed by atoms with Gasteiger partial charge in [-0.3, -0.25) is 4.79 Å². The third-order valence-electron chi connectivity index (χ3n) is 3.27. The standard InChI is InChI=1S/C14H17ClO2/c1-10(14(16)11-5-2-3-6-11)17-13-8-4-7-12(15)9-13/h4,7-11H,2-3,5-6H2,1H3. The van der Waals surface area contributed by atoms with E-state index in [0.717, 1.165) is 12.8 Å². The number of Topliss-reactive ketones (excluding diaryl/α,β-unsaturated/α-hetero) is 1. The van der Waals surface area contributed by atoms with Gasteiger partial charge in [-0.1, -0.05) is 30.5 Å². The molecule has 0 heterocycles. The molecule has 0 amide bonds. The van der Waals surface area contributed by atoms with E-state index in [4.69, 9.17) is 16.3 Å². The Labute approximate surface area is 107 Å². The van der Waals surface area contributed by atoms with Crippen LogP contribution in [0, 0.1) is 5.92 Å². The molecule has 0 saturated heterocycles. The molecule has 92 valence electrons. The van der Waals surface area contributed by atoms with Gasteiger partial charge in [-0.2, -0.15) is 0 Å². The molecule has 1 fully saturated rings. The lowest BCUT2D eigenvalue weighted by Crippen LogP contribution is -2.29. The molecular formula is C14H17ClO2. The molecule has 0 aliphatic heterocycles. The van der Waals surface area contributed by atoms with Crippen LogP contribution in [-0.4, -0.2) is 11.9 Å². The fraction of sp³-hybridized carbons (Fsp3) is 0.500. The van der Waals surface area contributed by atoms with Crippen molar-refractivity contribution in [1.29, 1.82) is 0 Å². The zero-order valence-corrected chi connectivity index (χ0v) is 10.7. The average Bonchev–Trinajstić information content (AvgIpc) is 2.81. The minimum Gasteiger partial charge on any atom is -0.483 e. The monoisotopic (exact) mass is 252 g/mol. The molecule has 0 radical (unpaired) electrons. The van der Waals surface area contributed by atoms with E-state index in [1.165, 1.54) is 12.8 Å². The van der Waals surface area contributed by atoms with E-state index >= 15 is 0 Å². The number of carbonyl (C=O) groups excluding carboxylic acids is 1. The molecule has 1 aliphatic carbocycles. The number of rotatable bonds is 4. The molecular weight excluding hydrogens is 236 g/mol. The fourth-order valence-electron chi connectivity index (χ4n) is 2.34. The summed E-state index contributed by atoms with van der Waals surface area (Å²) in [4.78, 5) is 12.1. The molecule has 2 rings (SSSR count). The first-order valence-electron chi connectivity index (χ1n) is 6.13. The minimum absolute atomic E-state index is 0.198. The van der Waals surface area contributed by atoms with E-state index in [1.807, 2.05) is 19.1 Å². The maximum atomic E-state index is 12.1. The molecule has 1 saturated carbocycles. The first-order valence-corrected chi connectivity index (χ1v) is 6.50. The van der Waals surface area contributed by atoms with Crippen molar-refractivity contribution in [1.82, 2.24) is 0 Å². The summed E-state index contributed by atoms with van der Waals surface area (Å²) >= 11 is 5.87. The van der Waals surface area contributed by atoms with Crippen molar-refractivity contribution >= 4 is 17.4 Å². The van der Waals surface area contributed by atoms with Crippen LogP contribution in [0.2, 0.25) is 5.02 Å². The van der Waals surface area contributed by atoms with Gasteiger partial charge in [-0.05, 0) is 38.0 Å². The van der Waals surface area contributed by atoms with Gasteiger partial charge in [-0.25, -0.2) is 0 Å². The number of benzene rings is 1. The number of hydrogen-bond acceptors (Lipinski definition) is 2. The van der Waals surface area contributed by atoms with E-state index in [-0.39, 0.29) is 17.8 Å². The van der Waals surface area contributed by atoms with Gasteiger partial charge in [0.2, 0.25) is 0 Å². The van der Waals surface area contributed by atoms with E-state index in [2.05, 4.69) is 0 Å². The summed E-state index contributed by atoms with van der Waals surface area (Å²) in [5, 5.41) is 0.628. The largest absolute Gasteiger partial charge is 0.483 e. The molecule has 2 nitrogen and oxygen atoms in total. The van der Waals surface area contributed by atoms with Gasteiger partial charge in [0.1, 0.15) is 5.75 Å². The van der Waals surface area contributed by atoms with Crippen molar-refractivity contribution < 1.29 is 9.53 Å². The Morgan fingerprint density at radius 3 is 2.76 bits per heavy atom. The second-order valence-corrected chi connectivity index (χ2v) is 5.04. The van der Waals surface area contributed by atoms with Gasteiger partial charge < -0.3 is 4.74 Å². The Kier molecular flexibility index (Phi) is 4.06. The average molecular weight is 253 g/mol. The molecule has 1 atom stereocenters. The van der Waals surface area contributed by atoms with Gasteiger partial charge in [0.25, 0.3) is 0 Å². The molecule has 0 aromatic heterocycles. The Balaban J connectivity index is 1.96. The fourth-order valence-corrected chi connectivity index (χ4v) is 2.53. The smallest absolute Gasteiger partial charge is 0.176 e. The Morgan fingerprint density at radius 2 is 2.12 bits per heavy atom. The van der Waals surface area contributed by atoms with Crippen LogP contribution in [0.5, 0.6) is 5.75 Å². The molecule has 1 aromatic rings. The summed E-state index contributed by atoms with van der Waals surface area (Å²) in [5.74, 6) is 1.09. The molecule has 0 N–H and O–H groups in total. The molecule has 17 heavy (non-hydrogen) atoms. The Hall–Kier alpha value is -1.02. The zero-order valence-electron chi connectivity index (χ0n) is 9.99. The summed E-state index contributed by atoms with van der Waals surface area (Å²) in [7, 11) is 0. The maximum absolute atomic E-state index is 12.1. The van der Waals surface area contributed by atoms with E-state index in [0.29, 0.717) is 10.8 Å². The molecule has 1 unspecified atom stereocenters.